The number of thioether (sulfide) groups is 1. The summed E-state index contributed by atoms with van der Waals surface area (Å²) >= 11 is 1.61. The Kier molecular flexibility index (Phi) is 8.41. The topological polar surface area (TPSA) is 17.1 Å². The van der Waals surface area contributed by atoms with E-state index in [1.54, 1.807) is 17.3 Å². The molecule has 0 N–H and O–H groups in total. The van der Waals surface area contributed by atoms with E-state index in [4.69, 9.17) is 0 Å². The molecule has 1 aromatic rings. The number of benzene rings is 1. The number of carbonyl (C=O) groups excluding carboxylic acids is 1. The fraction of sp³-hybridized carbons (Fsp3) is 0.735. The lowest BCUT2D eigenvalue weighted by atomic mass is 9.47. The molecule has 198 valence electrons. The fourth-order valence-corrected chi connectivity index (χ4v) is 10.3. The lowest BCUT2D eigenvalue weighted by Gasteiger charge is -2.58. The molecule has 0 spiro atoms. The summed E-state index contributed by atoms with van der Waals surface area (Å²) in [5.41, 5.74) is 3.55. The van der Waals surface area contributed by atoms with Crippen molar-refractivity contribution in [1.29, 1.82) is 0 Å². The highest BCUT2D eigenvalue weighted by molar-refractivity contribution is 8.14. The van der Waals surface area contributed by atoms with Crippen LogP contribution in [0.5, 0.6) is 0 Å². The molecule has 7 unspecified atom stereocenters. The molecule has 0 aromatic heterocycles. The normalized spacial score (nSPS) is 37.5. The Bertz CT molecular complexity index is 920. The molecular formula is C34H50OS. The molecule has 7 atom stereocenters. The SMILES string of the molecule is CCCCCCCCC1CCC2C3CC=C4CC(SC(=O)c5ccccc5)CCC4(C)C3CCC12C. The summed E-state index contributed by atoms with van der Waals surface area (Å²) in [5.74, 6) is 3.70. The molecule has 1 aromatic carbocycles. The Labute approximate surface area is 225 Å². The summed E-state index contributed by atoms with van der Waals surface area (Å²) in [4.78, 5) is 12.9. The average molecular weight is 507 g/mol. The van der Waals surface area contributed by atoms with Crippen molar-refractivity contribution in [2.75, 3.05) is 0 Å². The van der Waals surface area contributed by atoms with E-state index in [1.807, 2.05) is 30.3 Å². The van der Waals surface area contributed by atoms with Gasteiger partial charge in [-0.25, -0.2) is 0 Å². The average Bonchev–Trinajstić information content (AvgIpc) is 3.23. The van der Waals surface area contributed by atoms with Gasteiger partial charge in [0.05, 0.1) is 0 Å². The summed E-state index contributed by atoms with van der Waals surface area (Å²) in [6.45, 7) is 7.63. The van der Waals surface area contributed by atoms with Crippen LogP contribution < -0.4 is 0 Å². The van der Waals surface area contributed by atoms with E-state index < -0.39 is 0 Å². The number of hydrogen-bond donors (Lipinski definition) is 0. The van der Waals surface area contributed by atoms with E-state index >= 15 is 0 Å². The Balaban J connectivity index is 1.20. The summed E-state index contributed by atoms with van der Waals surface area (Å²) in [5, 5.41) is 0.713. The number of allylic oxidation sites excluding steroid dienone is 2. The zero-order valence-corrected chi connectivity index (χ0v) is 24.1. The van der Waals surface area contributed by atoms with E-state index in [9.17, 15) is 4.79 Å². The first-order valence-electron chi connectivity index (χ1n) is 15.4. The first kappa shape index (κ1) is 26.6. The van der Waals surface area contributed by atoms with Crippen LogP contribution in [-0.2, 0) is 0 Å². The molecule has 1 nitrogen and oxygen atoms in total. The molecule has 36 heavy (non-hydrogen) atoms. The molecule has 3 fully saturated rings. The smallest absolute Gasteiger partial charge is 0.219 e. The van der Waals surface area contributed by atoms with Crippen molar-refractivity contribution in [3.8, 4) is 0 Å². The highest BCUT2D eigenvalue weighted by Crippen LogP contribution is 2.67. The third kappa shape index (κ3) is 5.14. The maximum atomic E-state index is 12.9. The lowest BCUT2D eigenvalue weighted by Crippen LogP contribution is -2.50. The van der Waals surface area contributed by atoms with Crippen molar-refractivity contribution >= 4 is 16.9 Å². The molecule has 5 rings (SSSR count). The highest BCUT2D eigenvalue weighted by atomic mass is 32.2. The van der Waals surface area contributed by atoms with Gasteiger partial charge in [-0.15, -0.1) is 0 Å². The van der Waals surface area contributed by atoms with Gasteiger partial charge in [-0.05, 0) is 92.3 Å². The van der Waals surface area contributed by atoms with Gasteiger partial charge in [-0.2, -0.15) is 0 Å². The van der Waals surface area contributed by atoms with Gasteiger partial charge >= 0.3 is 0 Å². The summed E-state index contributed by atoms with van der Waals surface area (Å²) in [7, 11) is 0. The first-order chi connectivity index (χ1) is 17.5. The van der Waals surface area contributed by atoms with Crippen LogP contribution >= 0.6 is 11.8 Å². The fourth-order valence-electron chi connectivity index (χ4n) is 9.28. The Morgan fingerprint density at radius 1 is 0.917 bits per heavy atom. The second-order valence-corrected chi connectivity index (χ2v) is 14.5. The minimum absolute atomic E-state index is 0.259. The molecule has 4 aliphatic carbocycles. The molecule has 0 saturated heterocycles. The molecule has 0 bridgehead atoms. The quantitative estimate of drug-likeness (QED) is 0.245. The van der Waals surface area contributed by atoms with Gasteiger partial charge in [0.2, 0.25) is 5.12 Å². The minimum Gasteiger partial charge on any atom is -0.282 e. The van der Waals surface area contributed by atoms with Gasteiger partial charge in [-0.1, -0.05) is 113 Å². The Morgan fingerprint density at radius 2 is 1.69 bits per heavy atom. The minimum atomic E-state index is 0.259. The lowest BCUT2D eigenvalue weighted by molar-refractivity contribution is -0.0421. The van der Waals surface area contributed by atoms with Crippen LogP contribution in [0, 0.1) is 34.5 Å². The van der Waals surface area contributed by atoms with Crippen LogP contribution in [0.4, 0.5) is 0 Å². The predicted molar refractivity (Wildman–Crippen MR) is 155 cm³/mol. The van der Waals surface area contributed by atoms with E-state index in [2.05, 4.69) is 26.8 Å². The van der Waals surface area contributed by atoms with Crippen LogP contribution in [0.25, 0.3) is 0 Å². The predicted octanol–water partition coefficient (Wildman–Crippen LogP) is 10.3. The van der Waals surface area contributed by atoms with Crippen molar-refractivity contribution in [2.45, 2.75) is 122 Å². The first-order valence-corrected chi connectivity index (χ1v) is 16.3. The third-order valence-electron chi connectivity index (χ3n) is 11.4. The van der Waals surface area contributed by atoms with E-state index in [1.165, 1.54) is 89.9 Å². The van der Waals surface area contributed by atoms with E-state index in [0.717, 1.165) is 35.7 Å². The number of carbonyl (C=O) groups is 1. The second kappa shape index (κ2) is 11.4. The second-order valence-electron chi connectivity index (χ2n) is 13.3. The van der Waals surface area contributed by atoms with Gasteiger partial charge in [-0.3, -0.25) is 4.79 Å². The van der Waals surface area contributed by atoms with E-state index in [0.29, 0.717) is 16.1 Å². The third-order valence-corrected chi connectivity index (χ3v) is 12.6. The van der Waals surface area contributed by atoms with Crippen molar-refractivity contribution in [3.05, 3.63) is 47.5 Å². The molecule has 0 aliphatic heterocycles. The largest absolute Gasteiger partial charge is 0.282 e. The number of unbranched alkanes of at least 4 members (excludes halogenated alkanes) is 5. The summed E-state index contributed by atoms with van der Waals surface area (Å²) in [6.07, 6.45) is 23.6. The number of hydrogen-bond acceptors (Lipinski definition) is 2. The molecule has 3 saturated carbocycles. The standard InChI is InChI=1S/C34H50OS/c1-4-5-6-7-8-12-15-26-17-19-30-29-18-16-27-24-28(36-32(35)25-13-10-9-11-14-25)20-22-34(27,3)31(29)21-23-33(26,30)2/h9-11,13-14,16,26,28-31H,4-8,12,15,17-24H2,1-3H3. The number of fused-ring (bicyclic) bond motifs is 5. The van der Waals surface area contributed by atoms with Gasteiger partial charge in [0.15, 0.2) is 0 Å². The van der Waals surface area contributed by atoms with Gasteiger partial charge in [0, 0.05) is 10.8 Å². The molecule has 0 amide bonds. The van der Waals surface area contributed by atoms with Crippen LogP contribution in [0.15, 0.2) is 42.0 Å². The van der Waals surface area contributed by atoms with Gasteiger partial charge in [0.25, 0.3) is 0 Å². The molecular weight excluding hydrogens is 456 g/mol. The molecule has 0 heterocycles. The maximum absolute atomic E-state index is 12.9. The molecule has 4 aliphatic rings. The zero-order valence-electron chi connectivity index (χ0n) is 23.3. The van der Waals surface area contributed by atoms with Crippen LogP contribution in [-0.4, -0.2) is 10.4 Å². The van der Waals surface area contributed by atoms with Crippen molar-refractivity contribution in [2.24, 2.45) is 34.5 Å². The van der Waals surface area contributed by atoms with Gasteiger partial charge in [0.1, 0.15) is 0 Å². The molecule has 0 radical (unpaired) electrons. The highest BCUT2D eigenvalue weighted by Gasteiger charge is 2.58. The van der Waals surface area contributed by atoms with Crippen molar-refractivity contribution < 1.29 is 4.79 Å². The van der Waals surface area contributed by atoms with E-state index in [-0.39, 0.29) is 5.12 Å². The Morgan fingerprint density at radius 3 is 2.50 bits per heavy atom. The maximum Gasteiger partial charge on any atom is 0.219 e. The van der Waals surface area contributed by atoms with Crippen molar-refractivity contribution in [1.82, 2.24) is 0 Å². The Hall–Kier alpha value is -1.02. The van der Waals surface area contributed by atoms with Crippen LogP contribution in [0.2, 0.25) is 0 Å². The summed E-state index contributed by atoms with van der Waals surface area (Å²) < 4.78 is 0. The summed E-state index contributed by atoms with van der Waals surface area (Å²) in [6, 6.07) is 9.88. The molecule has 2 heteroatoms. The van der Waals surface area contributed by atoms with Crippen LogP contribution in [0.3, 0.4) is 0 Å². The van der Waals surface area contributed by atoms with Crippen LogP contribution in [0.1, 0.15) is 127 Å². The number of rotatable bonds is 9. The van der Waals surface area contributed by atoms with Gasteiger partial charge < -0.3 is 0 Å². The van der Waals surface area contributed by atoms with Crippen molar-refractivity contribution in [3.63, 3.8) is 0 Å². The zero-order chi connectivity index (χ0) is 25.2. The monoisotopic (exact) mass is 506 g/mol.